The van der Waals surface area contributed by atoms with Gasteiger partial charge in [0, 0.05) is 11.6 Å². The highest BCUT2D eigenvalue weighted by molar-refractivity contribution is 7.18. The minimum Gasteiger partial charge on any atom is -0.493 e. The summed E-state index contributed by atoms with van der Waals surface area (Å²) in [5.41, 5.74) is 1.68. The lowest BCUT2D eigenvalue weighted by Crippen LogP contribution is -2.07. The van der Waals surface area contributed by atoms with Crippen molar-refractivity contribution in [1.82, 2.24) is 10.2 Å². The molecule has 1 heterocycles. The summed E-state index contributed by atoms with van der Waals surface area (Å²) >= 11 is 1.31. The molecule has 3 aromatic rings. The number of hydrogen-bond donors (Lipinski definition) is 1. The minimum absolute atomic E-state index is 0.315. The van der Waals surface area contributed by atoms with Crippen LogP contribution in [0.1, 0.15) is 5.56 Å². The van der Waals surface area contributed by atoms with Crippen LogP contribution in [0.15, 0.2) is 48.5 Å². The molecule has 8 heteroatoms. The molecule has 0 spiro atoms. The van der Waals surface area contributed by atoms with Gasteiger partial charge in [0.25, 0.3) is 0 Å². The van der Waals surface area contributed by atoms with Gasteiger partial charge in [-0.25, -0.2) is 0 Å². The van der Waals surface area contributed by atoms with Crippen LogP contribution in [0.2, 0.25) is 0 Å². The molecule has 0 aliphatic rings. The second-order valence-corrected chi connectivity index (χ2v) is 6.54. The fourth-order valence-electron chi connectivity index (χ4n) is 2.49. The average Bonchev–Trinajstić information content (AvgIpc) is 3.20. The second-order valence-electron chi connectivity index (χ2n) is 5.56. The van der Waals surface area contributed by atoms with Crippen molar-refractivity contribution >= 4 is 28.5 Å². The zero-order valence-electron chi connectivity index (χ0n) is 15.6. The lowest BCUT2D eigenvalue weighted by Gasteiger charge is -2.12. The third kappa shape index (κ3) is 4.47. The first-order chi connectivity index (χ1) is 13.6. The molecule has 0 bridgehead atoms. The molecule has 1 amide bonds. The molecule has 0 atom stereocenters. The second kappa shape index (κ2) is 9.01. The molecule has 0 radical (unpaired) electrons. The quantitative estimate of drug-likeness (QED) is 0.609. The van der Waals surface area contributed by atoms with Crippen LogP contribution in [0.3, 0.4) is 0 Å². The summed E-state index contributed by atoms with van der Waals surface area (Å²) in [6.45, 7) is 0. The van der Waals surface area contributed by atoms with Gasteiger partial charge in [-0.2, -0.15) is 0 Å². The maximum atomic E-state index is 12.2. The van der Waals surface area contributed by atoms with E-state index in [1.54, 1.807) is 18.2 Å². The summed E-state index contributed by atoms with van der Waals surface area (Å²) in [6, 6.07) is 13.2. The minimum atomic E-state index is -0.315. The molecule has 0 fully saturated rings. The van der Waals surface area contributed by atoms with E-state index in [0.29, 0.717) is 22.4 Å². The van der Waals surface area contributed by atoms with E-state index in [9.17, 15) is 4.79 Å². The maximum Gasteiger partial charge on any atom is 0.250 e. The summed E-state index contributed by atoms with van der Waals surface area (Å²) in [7, 11) is 4.61. The number of ether oxygens (including phenoxy) is 3. The SMILES string of the molecule is COc1cc(/C=C/C(=O)Nc2nnc(-c3ccccc3)s2)cc(OC)c1OC. The molecule has 144 valence electrons. The van der Waals surface area contributed by atoms with Crippen LogP contribution in [0.25, 0.3) is 16.6 Å². The van der Waals surface area contributed by atoms with Crippen LogP contribution in [-0.2, 0) is 4.79 Å². The number of carbonyl (C=O) groups excluding carboxylic acids is 1. The van der Waals surface area contributed by atoms with Crippen LogP contribution < -0.4 is 19.5 Å². The zero-order valence-corrected chi connectivity index (χ0v) is 16.4. The van der Waals surface area contributed by atoms with Crippen molar-refractivity contribution in [2.75, 3.05) is 26.6 Å². The Hall–Kier alpha value is -3.39. The monoisotopic (exact) mass is 397 g/mol. The Morgan fingerprint density at radius 3 is 2.29 bits per heavy atom. The van der Waals surface area contributed by atoms with E-state index in [1.165, 1.54) is 38.7 Å². The molecule has 0 saturated heterocycles. The third-order valence-electron chi connectivity index (χ3n) is 3.79. The van der Waals surface area contributed by atoms with Gasteiger partial charge in [0.15, 0.2) is 11.5 Å². The molecule has 0 aliphatic carbocycles. The van der Waals surface area contributed by atoms with Crippen molar-refractivity contribution in [3.05, 3.63) is 54.1 Å². The highest BCUT2D eigenvalue weighted by Crippen LogP contribution is 2.38. The van der Waals surface area contributed by atoms with Crippen molar-refractivity contribution < 1.29 is 19.0 Å². The number of rotatable bonds is 7. The van der Waals surface area contributed by atoms with Crippen molar-refractivity contribution in [2.24, 2.45) is 0 Å². The Balaban J connectivity index is 1.71. The number of nitrogens with one attached hydrogen (secondary N) is 1. The van der Waals surface area contributed by atoms with E-state index < -0.39 is 0 Å². The zero-order chi connectivity index (χ0) is 19.9. The van der Waals surface area contributed by atoms with Crippen molar-refractivity contribution in [3.8, 4) is 27.8 Å². The Kier molecular flexibility index (Phi) is 6.23. The molecule has 28 heavy (non-hydrogen) atoms. The number of benzene rings is 2. The van der Waals surface area contributed by atoms with Crippen LogP contribution in [-0.4, -0.2) is 37.4 Å². The summed E-state index contributed by atoms with van der Waals surface area (Å²) in [5, 5.41) is 12.0. The average molecular weight is 397 g/mol. The van der Waals surface area contributed by atoms with Crippen molar-refractivity contribution in [1.29, 1.82) is 0 Å². The molecule has 1 N–H and O–H groups in total. The van der Waals surface area contributed by atoms with E-state index >= 15 is 0 Å². The summed E-state index contributed by atoms with van der Waals surface area (Å²) in [4.78, 5) is 12.2. The number of nitrogens with zero attached hydrogens (tertiary/aromatic N) is 2. The van der Waals surface area contributed by atoms with E-state index in [2.05, 4.69) is 15.5 Å². The topological polar surface area (TPSA) is 82.6 Å². The molecular formula is C20H19N3O4S. The molecule has 0 saturated carbocycles. The summed E-state index contributed by atoms with van der Waals surface area (Å²) in [5.74, 6) is 1.20. The van der Waals surface area contributed by atoms with E-state index in [1.807, 2.05) is 30.3 Å². The van der Waals surface area contributed by atoms with Gasteiger partial charge in [0.2, 0.25) is 16.8 Å². The maximum absolute atomic E-state index is 12.2. The summed E-state index contributed by atoms with van der Waals surface area (Å²) in [6.07, 6.45) is 3.06. The Labute approximate surface area is 166 Å². The number of amides is 1. The summed E-state index contributed by atoms with van der Waals surface area (Å²) < 4.78 is 15.9. The van der Waals surface area contributed by atoms with E-state index in [4.69, 9.17) is 14.2 Å². The Bertz CT molecular complexity index is 961. The highest BCUT2D eigenvalue weighted by Gasteiger charge is 2.12. The van der Waals surface area contributed by atoms with Crippen LogP contribution in [0.4, 0.5) is 5.13 Å². The van der Waals surface area contributed by atoms with Gasteiger partial charge in [0.05, 0.1) is 21.3 Å². The van der Waals surface area contributed by atoms with E-state index in [0.717, 1.165) is 16.1 Å². The highest BCUT2D eigenvalue weighted by atomic mass is 32.1. The molecule has 0 aliphatic heterocycles. The molecule has 2 aromatic carbocycles. The smallest absolute Gasteiger partial charge is 0.250 e. The molecule has 7 nitrogen and oxygen atoms in total. The van der Waals surface area contributed by atoms with Gasteiger partial charge in [-0.05, 0) is 23.8 Å². The Morgan fingerprint density at radius 1 is 1.00 bits per heavy atom. The number of anilines is 1. The lowest BCUT2D eigenvalue weighted by atomic mass is 10.1. The number of hydrogen-bond acceptors (Lipinski definition) is 7. The molecular weight excluding hydrogens is 378 g/mol. The fraction of sp³-hybridized carbons (Fsp3) is 0.150. The molecule has 0 unspecified atom stereocenters. The van der Waals surface area contributed by atoms with Crippen LogP contribution >= 0.6 is 11.3 Å². The first-order valence-corrected chi connectivity index (χ1v) is 9.14. The predicted octanol–water partition coefficient (Wildman–Crippen LogP) is 3.88. The van der Waals surface area contributed by atoms with Gasteiger partial charge in [-0.15, -0.1) is 10.2 Å². The van der Waals surface area contributed by atoms with Gasteiger partial charge >= 0.3 is 0 Å². The van der Waals surface area contributed by atoms with Gasteiger partial charge in [-0.3, -0.25) is 10.1 Å². The largest absolute Gasteiger partial charge is 0.493 e. The lowest BCUT2D eigenvalue weighted by molar-refractivity contribution is -0.111. The number of methoxy groups -OCH3 is 3. The fourth-order valence-corrected chi connectivity index (χ4v) is 3.24. The van der Waals surface area contributed by atoms with Gasteiger partial charge < -0.3 is 14.2 Å². The molecule has 3 rings (SSSR count). The van der Waals surface area contributed by atoms with Gasteiger partial charge in [-0.1, -0.05) is 41.7 Å². The number of aromatic nitrogens is 2. The first kappa shape index (κ1) is 19.4. The number of carbonyl (C=O) groups is 1. The van der Waals surface area contributed by atoms with Crippen LogP contribution in [0, 0.1) is 0 Å². The van der Waals surface area contributed by atoms with Crippen LogP contribution in [0.5, 0.6) is 17.2 Å². The Morgan fingerprint density at radius 2 is 1.68 bits per heavy atom. The molecule has 1 aromatic heterocycles. The predicted molar refractivity (Wildman–Crippen MR) is 109 cm³/mol. The van der Waals surface area contributed by atoms with Crippen molar-refractivity contribution in [3.63, 3.8) is 0 Å². The van der Waals surface area contributed by atoms with E-state index in [-0.39, 0.29) is 5.91 Å². The normalized spacial score (nSPS) is 10.7. The van der Waals surface area contributed by atoms with Crippen molar-refractivity contribution in [2.45, 2.75) is 0 Å². The third-order valence-corrected chi connectivity index (χ3v) is 4.68. The standard InChI is InChI=1S/C20H19N3O4S/c1-25-15-11-13(12-16(26-2)18(15)27-3)9-10-17(24)21-20-23-22-19(28-20)14-7-5-4-6-8-14/h4-12H,1-3H3,(H,21,23,24)/b10-9+. The first-order valence-electron chi connectivity index (χ1n) is 8.32. The van der Waals surface area contributed by atoms with Gasteiger partial charge in [0.1, 0.15) is 5.01 Å².